The Morgan fingerprint density at radius 2 is 1.80 bits per heavy atom. The van der Waals surface area contributed by atoms with Crippen LogP contribution in [-0.2, 0) is 14.6 Å². The summed E-state index contributed by atoms with van der Waals surface area (Å²) in [5, 5.41) is -0.696. The van der Waals surface area contributed by atoms with Crippen molar-refractivity contribution in [1.29, 1.82) is 0 Å². The summed E-state index contributed by atoms with van der Waals surface area (Å²) in [6, 6.07) is 0. The molecule has 15 heavy (non-hydrogen) atoms. The summed E-state index contributed by atoms with van der Waals surface area (Å²) in [4.78, 5) is 10.9. The third-order valence-electron chi connectivity index (χ3n) is 3.15. The van der Waals surface area contributed by atoms with Gasteiger partial charge in [-0.3, -0.25) is 4.79 Å². The molecule has 4 heteroatoms. The van der Waals surface area contributed by atoms with Crippen molar-refractivity contribution in [3.63, 3.8) is 0 Å². The predicted molar refractivity (Wildman–Crippen MR) is 60.6 cm³/mol. The minimum absolute atomic E-state index is 0.0399. The molecule has 0 aromatic carbocycles. The normalized spacial score (nSPS) is 21.2. The Bertz CT molecular complexity index is 313. The minimum atomic E-state index is -3.08. The zero-order valence-electron chi connectivity index (χ0n) is 9.53. The van der Waals surface area contributed by atoms with Crippen LogP contribution in [0.1, 0.15) is 52.4 Å². The number of carbonyl (C=O) groups excluding carboxylic acids is 1. The van der Waals surface area contributed by atoms with Gasteiger partial charge in [-0.05, 0) is 26.7 Å². The molecular formula is C11H20O3S. The summed E-state index contributed by atoms with van der Waals surface area (Å²) in [5.41, 5.74) is 0. The van der Waals surface area contributed by atoms with E-state index in [9.17, 15) is 13.2 Å². The van der Waals surface area contributed by atoms with Crippen LogP contribution in [0.4, 0.5) is 0 Å². The second-order valence-electron chi connectivity index (χ2n) is 4.57. The first-order valence-corrected chi connectivity index (χ1v) is 7.27. The van der Waals surface area contributed by atoms with Crippen molar-refractivity contribution in [3.05, 3.63) is 0 Å². The van der Waals surface area contributed by atoms with Crippen LogP contribution in [0.25, 0.3) is 0 Å². The van der Waals surface area contributed by atoms with Gasteiger partial charge in [-0.2, -0.15) is 0 Å². The molecule has 1 aliphatic rings. The van der Waals surface area contributed by atoms with Gasteiger partial charge in [-0.15, -0.1) is 0 Å². The van der Waals surface area contributed by atoms with Crippen molar-refractivity contribution >= 4 is 15.6 Å². The van der Waals surface area contributed by atoms with Crippen molar-refractivity contribution in [3.8, 4) is 0 Å². The Balaban J connectivity index is 2.67. The van der Waals surface area contributed by atoms with Gasteiger partial charge < -0.3 is 0 Å². The van der Waals surface area contributed by atoms with E-state index in [0.717, 1.165) is 32.1 Å². The van der Waals surface area contributed by atoms with Crippen molar-refractivity contribution in [2.75, 3.05) is 0 Å². The van der Waals surface area contributed by atoms with Crippen molar-refractivity contribution in [2.24, 2.45) is 0 Å². The molecule has 0 radical (unpaired) electrons. The molecule has 0 heterocycles. The second-order valence-corrected chi connectivity index (χ2v) is 7.22. The standard InChI is InChI=1S/C11H20O3S/c1-9(12)8-10(2)15(13,14)11-6-4-3-5-7-11/h10-11H,3-8H2,1-2H3. The van der Waals surface area contributed by atoms with Crippen LogP contribution in [0.5, 0.6) is 0 Å². The van der Waals surface area contributed by atoms with E-state index in [1.165, 1.54) is 6.92 Å². The first-order valence-electron chi connectivity index (χ1n) is 5.66. The average molecular weight is 232 g/mol. The highest BCUT2D eigenvalue weighted by Gasteiger charge is 2.32. The third kappa shape index (κ3) is 3.30. The Labute approximate surface area is 92.2 Å². The number of carbonyl (C=O) groups is 1. The molecule has 0 bridgehead atoms. The lowest BCUT2D eigenvalue weighted by Gasteiger charge is -2.24. The molecule has 1 fully saturated rings. The maximum Gasteiger partial charge on any atom is 0.156 e. The van der Waals surface area contributed by atoms with E-state index in [1.807, 2.05) is 0 Å². The van der Waals surface area contributed by atoms with Crippen molar-refractivity contribution < 1.29 is 13.2 Å². The Morgan fingerprint density at radius 1 is 1.27 bits per heavy atom. The number of ketones is 1. The summed E-state index contributed by atoms with van der Waals surface area (Å²) >= 11 is 0. The molecule has 1 atom stereocenters. The second kappa shape index (κ2) is 5.10. The molecule has 0 aromatic heterocycles. The monoisotopic (exact) mass is 232 g/mol. The summed E-state index contributed by atoms with van der Waals surface area (Å²) in [7, 11) is -3.08. The lowest BCUT2D eigenvalue weighted by molar-refractivity contribution is -0.116. The number of rotatable bonds is 4. The van der Waals surface area contributed by atoms with E-state index in [1.54, 1.807) is 6.92 Å². The molecule has 1 saturated carbocycles. The van der Waals surface area contributed by atoms with Gasteiger partial charge in [-0.1, -0.05) is 19.3 Å². The van der Waals surface area contributed by atoms with Crippen LogP contribution >= 0.6 is 0 Å². The fraction of sp³-hybridized carbons (Fsp3) is 0.909. The van der Waals surface area contributed by atoms with E-state index >= 15 is 0 Å². The minimum Gasteiger partial charge on any atom is -0.300 e. The van der Waals surface area contributed by atoms with Gasteiger partial charge in [0.15, 0.2) is 9.84 Å². The topological polar surface area (TPSA) is 51.2 Å². The predicted octanol–water partition coefficient (Wildman–Crippen LogP) is 2.10. The average Bonchev–Trinajstić information content (AvgIpc) is 2.18. The molecule has 0 aliphatic heterocycles. The van der Waals surface area contributed by atoms with Crippen LogP contribution in [0.15, 0.2) is 0 Å². The smallest absolute Gasteiger partial charge is 0.156 e. The number of Topliss-reactive ketones (excluding diaryl/α,β-unsaturated/α-hetero) is 1. The quantitative estimate of drug-likeness (QED) is 0.746. The number of sulfone groups is 1. The fourth-order valence-corrected chi connectivity index (χ4v) is 4.36. The van der Waals surface area contributed by atoms with E-state index in [4.69, 9.17) is 0 Å². The molecule has 0 N–H and O–H groups in total. The van der Waals surface area contributed by atoms with Gasteiger partial charge in [-0.25, -0.2) is 8.42 Å². The highest BCUT2D eigenvalue weighted by atomic mass is 32.2. The summed E-state index contributed by atoms with van der Waals surface area (Å²) in [5.74, 6) is -0.0399. The van der Waals surface area contributed by atoms with Gasteiger partial charge in [0.1, 0.15) is 5.78 Å². The van der Waals surface area contributed by atoms with Crippen LogP contribution in [0.3, 0.4) is 0 Å². The molecule has 1 unspecified atom stereocenters. The maximum absolute atomic E-state index is 12.1. The first kappa shape index (κ1) is 12.7. The molecule has 3 nitrogen and oxygen atoms in total. The van der Waals surface area contributed by atoms with Crippen LogP contribution in [0.2, 0.25) is 0 Å². The lowest BCUT2D eigenvalue weighted by atomic mass is 10.0. The van der Waals surface area contributed by atoms with Crippen LogP contribution < -0.4 is 0 Å². The molecule has 1 rings (SSSR count). The molecule has 0 saturated heterocycles. The lowest BCUT2D eigenvalue weighted by Crippen LogP contribution is -2.32. The Hall–Kier alpha value is -0.380. The Morgan fingerprint density at radius 3 is 2.27 bits per heavy atom. The Kier molecular flexibility index (Phi) is 4.32. The van der Waals surface area contributed by atoms with E-state index < -0.39 is 15.1 Å². The summed E-state index contributed by atoms with van der Waals surface area (Å²) < 4.78 is 24.1. The van der Waals surface area contributed by atoms with Crippen molar-refractivity contribution in [2.45, 2.75) is 62.9 Å². The number of hydrogen-bond acceptors (Lipinski definition) is 3. The third-order valence-corrected chi connectivity index (χ3v) is 5.84. The zero-order valence-corrected chi connectivity index (χ0v) is 10.3. The largest absolute Gasteiger partial charge is 0.300 e. The highest BCUT2D eigenvalue weighted by molar-refractivity contribution is 7.92. The maximum atomic E-state index is 12.1. The first-order chi connectivity index (χ1) is 6.94. The summed E-state index contributed by atoms with van der Waals surface area (Å²) in [6.45, 7) is 3.11. The molecule has 1 aliphatic carbocycles. The van der Waals surface area contributed by atoms with Crippen molar-refractivity contribution in [1.82, 2.24) is 0 Å². The molecule has 0 amide bonds. The zero-order chi connectivity index (χ0) is 11.5. The van der Waals surface area contributed by atoms with Gasteiger partial charge in [0.05, 0.1) is 10.5 Å². The van der Waals surface area contributed by atoms with Gasteiger partial charge >= 0.3 is 0 Å². The van der Waals surface area contributed by atoms with Crippen LogP contribution in [-0.4, -0.2) is 24.7 Å². The molecule has 0 spiro atoms. The summed E-state index contributed by atoms with van der Waals surface area (Å²) in [6.07, 6.45) is 4.90. The molecular weight excluding hydrogens is 212 g/mol. The van der Waals surface area contributed by atoms with E-state index in [0.29, 0.717) is 0 Å². The fourth-order valence-electron chi connectivity index (χ4n) is 2.24. The van der Waals surface area contributed by atoms with Gasteiger partial charge in [0.2, 0.25) is 0 Å². The van der Waals surface area contributed by atoms with E-state index in [2.05, 4.69) is 0 Å². The highest BCUT2D eigenvalue weighted by Crippen LogP contribution is 2.27. The van der Waals surface area contributed by atoms with Gasteiger partial charge in [0.25, 0.3) is 0 Å². The number of hydrogen-bond donors (Lipinski definition) is 0. The SMILES string of the molecule is CC(=O)CC(C)S(=O)(=O)C1CCCCC1. The van der Waals surface area contributed by atoms with Crippen LogP contribution in [0, 0.1) is 0 Å². The van der Waals surface area contributed by atoms with E-state index in [-0.39, 0.29) is 17.5 Å². The molecule has 0 aromatic rings. The van der Waals surface area contributed by atoms with Gasteiger partial charge in [0, 0.05) is 6.42 Å². The molecule has 88 valence electrons.